The summed E-state index contributed by atoms with van der Waals surface area (Å²) in [4.78, 5) is 18.9. The Morgan fingerprint density at radius 1 is 1.11 bits per heavy atom. The minimum atomic E-state index is -3.56. The highest BCUT2D eigenvalue weighted by atomic mass is 32.2. The number of fused-ring (bicyclic) bond motifs is 1. The lowest BCUT2D eigenvalue weighted by Gasteiger charge is -2.33. The van der Waals surface area contributed by atoms with Gasteiger partial charge in [-0.05, 0) is 48.7 Å². The maximum Gasteiger partial charge on any atom is 0.298 e. The Kier molecular flexibility index (Phi) is 7.73. The first-order valence-corrected chi connectivity index (χ1v) is 13.3. The van der Waals surface area contributed by atoms with Gasteiger partial charge in [0.25, 0.3) is 11.9 Å². The summed E-state index contributed by atoms with van der Waals surface area (Å²) in [5.41, 5.74) is 2.72. The summed E-state index contributed by atoms with van der Waals surface area (Å²) >= 11 is 0. The van der Waals surface area contributed by atoms with Gasteiger partial charge in [0, 0.05) is 31.7 Å². The number of sulfonamides is 1. The Morgan fingerprint density at radius 3 is 2.54 bits per heavy atom. The number of hydrogen-bond donors (Lipinski definition) is 1. The van der Waals surface area contributed by atoms with E-state index in [-0.39, 0.29) is 12.5 Å². The van der Waals surface area contributed by atoms with Crippen molar-refractivity contribution in [1.82, 2.24) is 14.6 Å². The molecule has 0 unspecified atom stereocenters. The van der Waals surface area contributed by atoms with Crippen LogP contribution in [-0.2, 0) is 16.4 Å². The van der Waals surface area contributed by atoms with Crippen molar-refractivity contribution in [2.45, 2.75) is 37.5 Å². The molecule has 2 aromatic carbocycles. The van der Waals surface area contributed by atoms with Crippen molar-refractivity contribution >= 4 is 33.0 Å². The summed E-state index contributed by atoms with van der Waals surface area (Å²) in [5.74, 6) is 2.09. The number of anilines is 1. The van der Waals surface area contributed by atoms with Crippen LogP contribution in [0.5, 0.6) is 0 Å². The van der Waals surface area contributed by atoms with Crippen LogP contribution in [0.15, 0.2) is 51.8 Å². The van der Waals surface area contributed by atoms with E-state index in [4.69, 9.17) is 10.8 Å². The third kappa shape index (κ3) is 5.66. The first-order valence-electron chi connectivity index (χ1n) is 11.9. The van der Waals surface area contributed by atoms with Crippen LogP contribution in [0, 0.1) is 12.3 Å². The maximum absolute atomic E-state index is 13.1. The highest BCUT2D eigenvalue weighted by molar-refractivity contribution is 7.89. The molecule has 9 heteroatoms. The number of nitrogens with one attached hydrogen (secondary N) is 1. The van der Waals surface area contributed by atoms with Crippen LogP contribution >= 0.6 is 0 Å². The number of carbonyl (C=O) groups excluding carboxylic acids is 1. The van der Waals surface area contributed by atoms with Gasteiger partial charge in [-0.15, -0.1) is 6.42 Å². The first kappa shape index (κ1) is 24.8. The molecule has 0 atom stereocenters. The third-order valence-electron chi connectivity index (χ3n) is 6.13. The number of nitrogens with zero attached hydrogens (tertiary/aromatic N) is 3. The van der Waals surface area contributed by atoms with Gasteiger partial charge in [0.2, 0.25) is 10.0 Å². The molecule has 35 heavy (non-hydrogen) atoms. The summed E-state index contributed by atoms with van der Waals surface area (Å²) in [7, 11) is -3.56. The predicted octanol–water partition coefficient (Wildman–Crippen LogP) is 3.43. The van der Waals surface area contributed by atoms with Crippen LogP contribution in [0.3, 0.4) is 0 Å². The average Bonchev–Trinajstić information content (AvgIpc) is 3.31. The van der Waals surface area contributed by atoms with E-state index in [1.807, 2.05) is 17.0 Å². The second-order valence-corrected chi connectivity index (χ2v) is 10.5. The topological polar surface area (TPSA) is 95.8 Å². The molecule has 1 N–H and O–H groups in total. The molecule has 4 rings (SSSR count). The lowest BCUT2D eigenvalue weighted by Crippen LogP contribution is -2.48. The molecule has 1 aliphatic heterocycles. The molecule has 1 amide bonds. The molecule has 2 heterocycles. The average molecular weight is 495 g/mol. The molecule has 3 aromatic rings. The second kappa shape index (κ2) is 10.9. The number of oxazole rings is 1. The maximum atomic E-state index is 13.1. The van der Waals surface area contributed by atoms with Gasteiger partial charge in [-0.1, -0.05) is 37.8 Å². The Balaban J connectivity index is 1.39. The molecule has 0 aliphatic carbocycles. The lowest BCUT2D eigenvalue weighted by molar-refractivity contribution is 0.0959. The number of aromatic nitrogens is 1. The van der Waals surface area contributed by atoms with E-state index < -0.39 is 10.0 Å². The highest BCUT2D eigenvalue weighted by Gasteiger charge is 2.30. The van der Waals surface area contributed by atoms with Gasteiger partial charge in [0.15, 0.2) is 5.58 Å². The van der Waals surface area contributed by atoms with Crippen molar-refractivity contribution < 1.29 is 17.6 Å². The molecular weight excluding hydrogens is 464 g/mol. The smallest absolute Gasteiger partial charge is 0.298 e. The van der Waals surface area contributed by atoms with E-state index >= 15 is 0 Å². The van der Waals surface area contributed by atoms with Crippen LogP contribution in [-0.4, -0.2) is 56.3 Å². The van der Waals surface area contributed by atoms with Gasteiger partial charge in [0.05, 0.1) is 11.4 Å². The number of benzene rings is 2. The molecule has 0 radical (unpaired) electrons. The number of terminal acetylenes is 1. The monoisotopic (exact) mass is 494 g/mol. The molecule has 8 nitrogen and oxygen atoms in total. The fourth-order valence-electron chi connectivity index (χ4n) is 4.10. The van der Waals surface area contributed by atoms with E-state index in [9.17, 15) is 13.2 Å². The number of unbranched alkanes of at least 4 members (excludes halogenated alkanes) is 2. The Labute approximate surface area is 206 Å². The lowest BCUT2D eigenvalue weighted by atomic mass is 10.1. The van der Waals surface area contributed by atoms with Gasteiger partial charge in [-0.2, -0.15) is 9.29 Å². The number of amides is 1. The normalized spacial score (nSPS) is 14.7. The van der Waals surface area contributed by atoms with Gasteiger partial charge >= 0.3 is 0 Å². The van der Waals surface area contributed by atoms with E-state index in [0.29, 0.717) is 53.8 Å². The molecule has 1 aliphatic rings. The molecule has 1 aromatic heterocycles. The predicted molar refractivity (Wildman–Crippen MR) is 136 cm³/mol. The van der Waals surface area contributed by atoms with Crippen molar-refractivity contribution in [3.63, 3.8) is 0 Å². The number of piperazine rings is 1. The quantitative estimate of drug-likeness (QED) is 0.362. The zero-order valence-corrected chi connectivity index (χ0v) is 20.7. The second-order valence-electron chi connectivity index (χ2n) is 8.56. The van der Waals surface area contributed by atoms with E-state index in [1.165, 1.54) is 10.7 Å². The van der Waals surface area contributed by atoms with Crippen molar-refractivity contribution in [3.05, 3.63) is 53.6 Å². The van der Waals surface area contributed by atoms with E-state index in [0.717, 1.165) is 24.8 Å². The third-order valence-corrected chi connectivity index (χ3v) is 8.04. The fourth-order valence-corrected chi connectivity index (χ4v) is 5.52. The van der Waals surface area contributed by atoms with Gasteiger partial charge in [0.1, 0.15) is 5.52 Å². The SMILES string of the molecule is C#CCNC(=O)c1ccc2oc(N3CCN(S(=O)(=O)c4ccc(CCCCC)cc4)CC3)nc2c1. The summed E-state index contributed by atoms with van der Waals surface area (Å²) in [5, 5.41) is 2.62. The van der Waals surface area contributed by atoms with Gasteiger partial charge in [-0.3, -0.25) is 4.79 Å². The molecule has 0 saturated carbocycles. The summed E-state index contributed by atoms with van der Waals surface area (Å²) in [6.45, 7) is 3.89. The number of hydrogen-bond acceptors (Lipinski definition) is 6. The number of rotatable bonds is 9. The largest absolute Gasteiger partial charge is 0.423 e. The summed E-state index contributed by atoms with van der Waals surface area (Å²) in [6, 6.07) is 12.7. The van der Waals surface area contributed by atoms with Crippen LogP contribution in [0.1, 0.15) is 42.1 Å². The van der Waals surface area contributed by atoms with Gasteiger partial charge < -0.3 is 14.6 Å². The standard InChI is InChI=1S/C26H30N4O4S/c1-3-5-6-7-20-8-11-22(12-9-20)35(32,33)30-17-15-29(16-18-30)26-28-23-19-21(10-13-24(23)34-26)25(31)27-14-4-2/h2,8-13,19H,3,5-7,14-18H2,1H3,(H,27,31). The van der Waals surface area contributed by atoms with Crippen LogP contribution in [0.4, 0.5) is 6.01 Å². The minimum absolute atomic E-state index is 0.150. The number of aryl methyl sites for hydroxylation is 1. The van der Waals surface area contributed by atoms with Crippen LogP contribution in [0.2, 0.25) is 0 Å². The zero-order chi connectivity index (χ0) is 24.8. The van der Waals surface area contributed by atoms with Crippen molar-refractivity contribution in [3.8, 4) is 12.3 Å². The van der Waals surface area contributed by atoms with Crippen LogP contribution < -0.4 is 10.2 Å². The zero-order valence-electron chi connectivity index (χ0n) is 19.9. The molecule has 0 spiro atoms. The molecule has 0 bridgehead atoms. The molecular formula is C26H30N4O4S. The molecule has 184 valence electrons. The number of carbonyl (C=O) groups is 1. The molecule has 1 saturated heterocycles. The van der Waals surface area contributed by atoms with E-state index in [1.54, 1.807) is 30.3 Å². The Morgan fingerprint density at radius 2 is 1.86 bits per heavy atom. The van der Waals surface area contributed by atoms with Crippen molar-refractivity contribution in [1.29, 1.82) is 0 Å². The summed E-state index contributed by atoms with van der Waals surface area (Å²) in [6.07, 6.45) is 9.60. The van der Waals surface area contributed by atoms with Crippen molar-refractivity contribution in [2.75, 3.05) is 37.6 Å². The first-order chi connectivity index (χ1) is 16.9. The minimum Gasteiger partial charge on any atom is -0.423 e. The van der Waals surface area contributed by atoms with E-state index in [2.05, 4.69) is 23.1 Å². The van der Waals surface area contributed by atoms with Gasteiger partial charge in [-0.25, -0.2) is 8.42 Å². The Hall–Kier alpha value is -3.35. The van der Waals surface area contributed by atoms with Crippen molar-refractivity contribution in [2.24, 2.45) is 0 Å². The van der Waals surface area contributed by atoms with Crippen LogP contribution in [0.25, 0.3) is 11.1 Å². The fraction of sp³-hybridized carbons (Fsp3) is 0.385. The molecule has 1 fully saturated rings. The highest BCUT2D eigenvalue weighted by Crippen LogP contribution is 2.25. The summed E-state index contributed by atoms with van der Waals surface area (Å²) < 4.78 is 33.6. The Bertz CT molecular complexity index is 1320.